The molecule has 0 bridgehead atoms. The molecule has 0 saturated heterocycles. The number of aryl methyl sites for hydroxylation is 3. The summed E-state index contributed by atoms with van der Waals surface area (Å²) in [5, 5.41) is 3.47. The number of anilines is 1. The van der Waals surface area contributed by atoms with Crippen molar-refractivity contribution in [2.45, 2.75) is 54.0 Å². The molecule has 2 rings (SSSR count). The van der Waals surface area contributed by atoms with Crippen molar-refractivity contribution in [3.63, 3.8) is 0 Å². The van der Waals surface area contributed by atoms with Crippen molar-refractivity contribution in [1.29, 1.82) is 0 Å². The zero-order chi connectivity index (χ0) is 15.6. The first-order valence-corrected chi connectivity index (χ1v) is 8.09. The normalized spacial score (nSPS) is 11.7. The molecule has 0 spiro atoms. The summed E-state index contributed by atoms with van der Waals surface area (Å²) in [6.07, 6.45) is 0.992. The fourth-order valence-electron chi connectivity index (χ4n) is 2.32. The third kappa shape index (κ3) is 4.74. The number of rotatable bonds is 5. The van der Waals surface area contributed by atoms with E-state index in [1.165, 1.54) is 15.3 Å². The molecule has 1 N–H and O–H groups in total. The van der Waals surface area contributed by atoms with Crippen LogP contribution in [0, 0.1) is 26.7 Å². The molecular formula is C16H23N4SY-. The molecule has 0 amide bonds. The molecule has 0 fully saturated rings. The topological polar surface area (TPSA) is 50.7 Å². The SMILES string of the molecule is CCC(Nc1nc(C)nc([C-](C)C)n1)c1cc(C)sc1C.[Y]. The molecule has 2 aromatic heterocycles. The fourth-order valence-corrected chi connectivity index (χ4v) is 3.31. The van der Waals surface area contributed by atoms with Gasteiger partial charge in [-0.1, -0.05) is 6.92 Å². The summed E-state index contributed by atoms with van der Waals surface area (Å²) in [5.41, 5.74) is 1.34. The fraction of sp³-hybridized carbons (Fsp3) is 0.500. The van der Waals surface area contributed by atoms with E-state index in [4.69, 9.17) is 0 Å². The van der Waals surface area contributed by atoms with E-state index in [1.807, 2.05) is 32.1 Å². The van der Waals surface area contributed by atoms with Crippen molar-refractivity contribution >= 4 is 17.3 Å². The largest absolute Gasteiger partial charge is 0.347 e. The molecule has 2 heterocycles. The number of nitrogens with one attached hydrogen (secondary N) is 1. The molecule has 1 radical (unpaired) electrons. The van der Waals surface area contributed by atoms with E-state index >= 15 is 0 Å². The van der Waals surface area contributed by atoms with Crippen LogP contribution in [0.4, 0.5) is 5.95 Å². The first kappa shape index (κ1) is 19.5. The van der Waals surface area contributed by atoms with Crippen LogP contribution in [0.25, 0.3) is 0 Å². The summed E-state index contributed by atoms with van der Waals surface area (Å²) < 4.78 is 0. The third-order valence-corrected chi connectivity index (χ3v) is 4.34. The van der Waals surface area contributed by atoms with Gasteiger partial charge in [0.25, 0.3) is 0 Å². The second-order valence-corrected chi connectivity index (χ2v) is 6.96. The molecule has 6 heteroatoms. The Morgan fingerprint density at radius 1 is 1.18 bits per heavy atom. The quantitative estimate of drug-likeness (QED) is 0.768. The van der Waals surface area contributed by atoms with Gasteiger partial charge in [0.1, 0.15) is 5.82 Å². The van der Waals surface area contributed by atoms with Crippen LogP contribution in [0.2, 0.25) is 0 Å². The van der Waals surface area contributed by atoms with Crippen molar-refractivity contribution in [2.75, 3.05) is 5.32 Å². The predicted octanol–water partition coefficient (Wildman–Crippen LogP) is 4.38. The molecule has 0 aliphatic carbocycles. The Morgan fingerprint density at radius 3 is 2.36 bits per heavy atom. The minimum Gasteiger partial charge on any atom is -0.347 e. The number of hydrogen-bond acceptors (Lipinski definition) is 5. The van der Waals surface area contributed by atoms with E-state index in [0.29, 0.717) is 5.95 Å². The molecular weight excluding hydrogens is 369 g/mol. The maximum Gasteiger partial charge on any atom is 0.224 e. The zero-order valence-electron chi connectivity index (χ0n) is 14.2. The van der Waals surface area contributed by atoms with Gasteiger partial charge in [0, 0.05) is 48.3 Å². The third-order valence-electron chi connectivity index (χ3n) is 3.36. The molecule has 0 aromatic carbocycles. The van der Waals surface area contributed by atoms with Crippen LogP contribution in [0.1, 0.15) is 60.2 Å². The molecule has 1 unspecified atom stereocenters. The van der Waals surface area contributed by atoms with E-state index in [-0.39, 0.29) is 38.8 Å². The Morgan fingerprint density at radius 2 is 1.86 bits per heavy atom. The maximum absolute atomic E-state index is 4.52. The molecule has 22 heavy (non-hydrogen) atoms. The smallest absolute Gasteiger partial charge is 0.224 e. The van der Waals surface area contributed by atoms with Crippen molar-refractivity contribution in [1.82, 2.24) is 15.0 Å². The summed E-state index contributed by atoms with van der Waals surface area (Å²) in [6, 6.07) is 2.50. The van der Waals surface area contributed by atoms with Crippen LogP contribution in [0.15, 0.2) is 6.07 Å². The Balaban J connectivity index is 0.00000242. The van der Waals surface area contributed by atoms with E-state index in [0.717, 1.165) is 24.0 Å². The first-order chi connectivity index (χ1) is 9.90. The molecule has 117 valence electrons. The molecule has 2 aromatic rings. The number of hydrogen-bond donors (Lipinski definition) is 1. The van der Waals surface area contributed by atoms with Gasteiger partial charge in [-0.3, -0.25) is 4.98 Å². The predicted molar refractivity (Wildman–Crippen MR) is 88.7 cm³/mol. The number of aromatic nitrogens is 3. The Hall–Kier alpha value is -0.516. The summed E-state index contributed by atoms with van der Waals surface area (Å²) in [7, 11) is 0. The minimum atomic E-state index is 0. The van der Waals surface area contributed by atoms with Crippen LogP contribution < -0.4 is 5.32 Å². The average molecular weight is 392 g/mol. The van der Waals surface area contributed by atoms with Crippen molar-refractivity contribution < 1.29 is 32.7 Å². The standard InChI is InChI=1S/C16H23N4S.Y/c1-7-14(13-8-10(4)21-11(13)5)19-16-18-12(6)17-15(20-16)9(2)3;/h8,14H,7H2,1-6H3,(H,17,18,19,20);/q-1;. The molecule has 4 nitrogen and oxygen atoms in total. The van der Waals surface area contributed by atoms with Gasteiger partial charge in [-0.25, -0.2) is 4.98 Å². The van der Waals surface area contributed by atoms with Crippen molar-refractivity contribution in [2.24, 2.45) is 0 Å². The molecule has 0 aliphatic heterocycles. The van der Waals surface area contributed by atoms with Crippen LogP contribution in [-0.2, 0) is 32.7 Å². The summed E-state index contributed by atoms with van der Waals surface area (Å²) >= 11 is 1.84. The summed E-state index contributed by atoms with van der Waals surface area (Å²) in [4.78, 5) is 16.0. The van der Waals surface area contributed by atoms with Crippen LogP contribution in [0.3, 0.4) is 0 Å². The van der Waals surface area contributed by atoms with Gasteiger partial charge < -0.3 is 11.2 Å². The summed E-state index contributed by atoms with van der Waals surface area (Å²) in [5.74, 6) is 3.27. The summed E-state index contributed by atoms with van der Waals surface area (Å²) in [6.45, 7) is 12.4. The first-order valence-electron chi connectivity index (χ1n) is 7.27. The van der Waals surface area contributed by atoms with Crippen molar-refractivity contribution in [3.8, 4) is 0 Å². The van der Waals surface area contributed by atoms with Gasteiger partial charge in [0.05, 0.1) is 6.04 Å². The Labute approximate surface area is 162 Å². The monoisotopic (exact) mass is 392 g/mol. The number of nitrogens with zero attached hydrogens (tertiary/aromatic N) is 3. The van der Waals surface area contributed by atoms with E-state index in [2.05, 4.69) is 47.1 Å². The van der Waals surface area contributed by atoms with Crippen LogP contribution in [0.5, 0.6) is 0 Å². The van der Waals surface area contributed by atoms with Crippen LogP contribution in [-0.4, -0.2) is 15.0 Å². The average Bonchev–Trinajstić information content (AvgIpc) is 2.74. The molecule has 0 aliphatic rings. The van der Waals surface area contributed by atoms with Gasteiger partial charge in [-0.2, -0.15) is 18.8 Å². The maximum atomic E-state index is 4.52. The van der Waals surface area contributed by atoms with Gasteiger partial charge in [-0.15, -0.1) is 11.3 Å². The van der Waals surface area contributed by atoms with E-state index in [1.54, 1.807) is 0 Å². The van der Waals surface area contributed by atoms with Gasteiger partial charge in [-0.05, 0) is 38.8 Å². The molecule has 0 saturated carbocycles. The second kappa shape index (κ2) is 8.37. The Kier molecular flexibility index (Phi) is 7.43. The van der Waals surface area contributed by atoms with Crippen LogP contribution >= 0.6 is 11.3 Å². The minimum absolute atomic E-state index is 0. The van der Waals surface area contributed by atoms with E-state index in [9.17, 15) is 0 Å². The van der Waals surface area contributed by atoms with Gasteiger partial charge >= 0.3 is 0 Å². The second-order valence-electron chi connectivity index (χ2n) is 5.50. The van der Waals surface area contributed by atoms with Crippen molar-refractivity contribution in [3.05, 3.63) is 39.0 Å². The Bertz CT molecular complexity index is 625. The van der Waals surface area contributed by atoms with Gasteiger partial charge in [0.15, 0.2) is 0 Å². The van der Waals surface area contributed by atoms with Gasteiger partial charge in [0.2, 0.25) is 5.95 Å². The zero-order valence-corrected chi connectivity index (χ0v) is 17.8. The number of thiophene rings is 1. The van der Waals surface area contributed by atoms with E-state index < -0.39 is 0 Å². The molecule has 1 atom stereocenters.